The fraction of sp³-hybridized carbons (Fsp3) is 0.938. The Kier molecular flexibility index (Phi) is 3.08. The summed E-state index contributed by atoms with van der Waals surface area (Å²) in [6, 6.07) is 1.02. The van der Waals surface area contributed by atoms with Crippen LogP contribution in [0.4, 0.5) is 0 Å². The first kappa shape index (κ1) is 13.1. The average molecular weight is 278 g/mol. The molecule has 112 valence electrons. The van der Waals surface area contributed by atoms with Crippen LogP contribution < -0.4 is 5.32 Å². The van der Waals surface area contributed by atoms with Gasteiger partial charge in [0, 0.05) is 31.1 Å². The minimum Gasteiger partial charge on any atom is -0.389 e. The van der Waals surface area contributed by atoms with E-state index in [0.717, 1.165) is 45.2 Å². The molecule has 3 aliphatic heterocycles. The fourth-order valence-electron chi connectivity index (χ4n) is 5.10. The van der Waals surface area contributed by atoms with Gasteiger partial charge in [0.2, 0.25) is 5.91 Å². The van der Waals surface area contributed by atoms with E-state index in [1.165, 1.54) is 19.3 Å². The van der Waals surface area contributed by atoms with Gasteiger partial charge in [-0.1, -0.05) is 12.8 Å². The Morgan fingerprint density at radius 2 is 2.10 bits per heavy atom. The molecular formula is C16H26N2O2. The largest absolute Gasteiger partial charge is 0.389 e. The molecule has 0 spiro atoms. The van der Waals surface area contributed by atoms with E-state index in [2.05, 4.69) is 10.2 Å². The third-order valence-electron chi connectivity index (χ3n) is 6.36. The maximum atomic E-state index is 12.8. The number of likely N-dealkylation sites (tertiary alicyclic amines) is 1. The highest BCUT2D eigenvalue weighted by Crippen LogP contribution is 2.41. The molecule has 4 nitrogen and oxygen atoms in total. The van der Waals surface area contributed by atoms with E-state index in [0.29, 0.717) is 23.9 Å². The number of fused-ring (bicyclic) bond motifs is 3. The lowest BCUT2D eigenvalue weighted by atomic mass is 9.71. The predicted molar refractivity (Wildman–Crippen MR) is 76.2 cm³/mol. The van der Waals surface area contributed by atoms with Gasteiger partial charge in [0.25, 0.3) is 0 Å². The summed E-state index contributed by atoms with van der Waals surface area (Å²) in [5.74, 6) is 0.890. The van der Waals surface area contributed by atoms with Gasteiger partial charge in [-0.25, -0.2) is 0 Å². The zero-order chi connectivity index (χ0) is 13.7. The molecule has 5 unspecified atom stereocenters. The van der Waals surface area contributed by atoms with Crippen LogP contribution in [0.2, 0.25) is 0 Å². The molecule has 0 aromatic heterocycles. The first-order valence-electron chi connectivity index (χ1n) is 8.43. The van der Waals surface area contributed by atoms with E-state index in [9.17, 15) is 9.90 Å². The zero-order valence-electron chi connectivity index (χ0n) is 12.2. The van der Waals surface area contributed by atoms with E-state index in [1.807, 2.05) is 0 Å². The number of aliphatic hydroxyl groups is 1. The van der Waals surface area contributed by atoms with E-state index in [-0.39, 0.29) is 5.92 Å². The number of hydrogen-bond donors (Lipinski definition) is 2. The summed E-state index contributed by atoms with van der Waals surface area (Å²) in [6.07, 6.45) is 8.64. The molecule has 0 aromatic carbocycles. The highest BCUT2D eigenvalue weighted by atomic mass is 16.3. The summed E-state index contributed by atoms with van der Waals surface area (Å²) < 4.78 is 0. The molecule has 3 saturated heterocycles. The van der Waals surface area contributed by atoms with Gasteiger partial charge >= 0.3 is 0 Å². The molecule has 2 N–H and O–H groups in total. The smallest absolute Gasteiger partial charge is 0.227 e. The molecule has 3 heterocycles. The number of carbonyl (C=O) groups is 1. The van der Waals surface area contributed by atoms with Crippen molar-refractivity contribution in [2.24, 2.45) is 11.8 Å². The van der Waals surface area contributed by atoms with Crippen molar-refractivity contribution >= 4 is 5.91 Å². The molecule has 1 saturated carbocycles. The van der Waals surface area contributed by atoms with Crippen LogP contribution in [-0.4, -0.2) is 46.7 Å². The van der Waals surface area contributed by atoms with Crippen molar-refractivity contribution in [2.45, 2.75) is 69.1 Å². The monoisotopic (exact) mass is 278 g/mol. The van der Waals surface area contributed by atoms with Gasteiger partial charge in [-0.05, 0) is 38.5 Å². The molecule has 4 rings (SSSR count). The van der Waals surface area contributed by atoms with E-state index < -0.39 is 5.60 Å². The van der Waals surface area contributed by atoms with Gasteiger partial charge in [0.05, 0.1) is 11.5 Å². The minimum atomic E-state index is -0.470. The van der Waals surface area contributed by atoms with E-state index in [1.54, 1.807) is 0 Å². The van der Waals surface area contributed by atoms with Crippen molar-refractivity contribution in [3.63, 3.8) is 0 Å². The van der Waals surface area contributed by atoms with Gasteiger partial charge in [-0.15, -0.1) is 0 Å². The van der Waals surface area contributed by atoms with Crippen molar-refractivity contribution in [3.05, 3.63) is 0 Å². The second-order valence-electron chi connectivity index (χ2n) is 7.47. The number of nitrogens with zero attached hydrogens (tertiary/aromatic N) is 1. The first-order valence-corrected chi connectivity index (χ1v) is 8.43. The minimum absolute atomic E-state index is 0.212. The van der Waals surface area contributed by atoms with Crippen LogP contribution in [0.15, 0.2) is 0 Å². The highest BCUT2D eigenvalue weighted by molar-refractivity contribution is 5.80. The Morgan fingerprint density at radius 1 is 1.20 bits per heavy atom. The quantitative estimate of drug-likeness (QED) is 0.760. The number of nitrogens with one attached hydrogen (secondary N) is 1. The normalized spacial score (nSPS) is 47.4. The van der Waals surface area contributed by atoms with Crippen LogP contribution in [0.1, 0.15) is 51.4 Å². The average Bonchev–Trinajstić information content (AvgIpc) is 3.08. The van der Waals surface area contributed by atoms with Crippen molar-refractivity contribution in [1.29, 1.82) is 0 Å². The first-order chi connectivity index (χ1) is 9.66. The predicted octanol–water partition coefficient (Wildman–Crippen LogP) is 1.28. The molecule has 0 aromatic rings. The second-order valence-corrected chi connectivity index (χ2v) is 7.47. The van der Waals surface area contributed by atoms with Gasteiger partial charge in [-0.2, -0.15) is 0 Å². The SMILES string of the molecule is O=C(C1CC2CCC1N2)N1CCC2(O)CCCCC2C1. The summed E-state index contributed by atoms with van der Waals surface area (Å²) in [6.45, 7) is 1.56. The molecule has 5 atom stereocenters. The van der Waals surface area contributed by atoms with Gasteiger partial charge in [0.15, 0.2) is 0 Å². The summed E-state index contributed by atoms with van der Waals surface area (Å²) in [5.41, 5.74) is -0.470. The molecule has 4 aliphatic rings. The van der Waals surface area contributed by atoms with Gasteiger partial charge in [-0.3, -0.25) is 4.79 Å². The molecule has 4 heteroatoms. The zero-order valence-corrected chi connectivity index (χ0v) is 12.2. The van der Waals surface area contributed by atoms with E-state index >= 15 is 0 Å². The lowest BCUT2D eigenvalue weighted by molar-refractivity contribution is -0.147. The van der Waals surface area contributed by atoms with Crippen LogP contribution in [0, 0.1) is 11.8 Å². The summed E-state index contributed by atoms with van der Waals surface area (Å²) in [5, 5.41) is 14.3. The van der Waals surface area contributed by atoms with Gasteiger partial charge in [0.1, 0.15) is 0 Å². The Hall–Kier alpha value is -0.610. The van der Waals surface area contributed by atoms with Crippen LogP contribution in [0.25, 0.3) is 0 Å². The standard InChI is InChI=1S/C16H26N2O2/c19-15(13-9-12-4-5-14(13)17-12)18-8-7-16(20)6-2-1-3-11(16)10-18/h11-14,17,20H,1-10H2. The Bertz CT molecular complexity index is 413. The molecule has 2 bridgehead atoms. The number of carbonyl (C=O) groups excluding carboxylic acids is 1. The summed E-state index contributed by atoms with van der Waals surface area (Å²) in [7, 11) is 0. The number of rotatable bonds is 1. The summed E-state index contributed by atoms with van der Waals surface area (Å²) in [4.78, 5) is 14.8. The van der Waals surface area contributed by atoms with Crippen LogP contribution in [0.3, 0.4) is 0 Å². The highest BCUT2D eigenvalue weighted by Gasteiger charge is 2.48. The fourth-order valence-corrected chi connectivity index (χ4v) is 5.10. The molecular weight excluding hydrogens is 252 g/mol. The van der Waals surface area contributed by atoms with Crippen molar-refractivity contribution < 1.29 is 9.90 Å². The Morgan fingerprint density at radius 3 is 2.85 bits per heavy atom. The number of hydrogen-bond acceptors (Lipinski definition) is 3. The lowest BCUT2D eigenvalue weighted by Crippen LogP contribution is -2.56. The van der Waals surface area contributed by atoms with Crippen LogP contribution >= 0.6 is 0 Å². The van der Waals surface area contributed by atoms with Crippen molar-refractivity contribution in [3.8, 4) is 0 Å². The van der Waals surface area contributed by atoms with Crippen LogP contribution in [-0.2, 0) is 4.79 Å². The Labute approximate surface area is 120 Å². The third-order valence-corrected chi connectivity index (χ3v) is 6.36. The number of piperidine rings is 1. The summed E-state index contributed by atoms with van der Waals surface area (Å²) >= 11 is 0. The lowest BCUT2D eigenvalue weighted by Gasteiger charge is -2.48. The van der Waals surface area contributed by atoms with Gasteiger partial charge < -0.3 is 15.3 Å². The molecule has 1 aliphatic carbocycles. The maximum absolute atomic E-state index is 12.8. The topological polar surface area (TPSA) is 52.6 Å². The Balaban J connectivity index is 1.43. The van der Waals surface area contributed by atoms with Crippen molar-refractivity contribution in [1.82, 2.24) is 10.2 Å². The second kappa shape index (κ2) is 4.70. The maximum Gasteiger partial charge on any atom is 0.227 e. The molecule has 4 fully saturated rings. The third kappa shape index (κ3) is 2.00. The number of amides is 1. The molecule has 0 radical (unpaired) electrons. The van der Waals surface area contributed by atoms with Crippen LogP contribution in [0.5, 0.6) is 0 Å². The molecule has 20 heavy (non-hydrogen) atoms. The van der Waals surface area contributed by atoms with Crippen molar-refractivity contribution in [2.75, 3.05) is 13.1 Å². The molecule has 1 amide bonds. The van der Waals surface area contributed by atoms with E-state index in [4.69, 9.17) is 0 Å².